The third kappa shape index (κ3) is 2.23. The van der Waals surface area contributed by atoms with E-state index in [-0.39, 0.29) is 17.4 Å². The minimum absolute atomic E-state index is 0.142. The van der Waals surface area contributed by atoms with Gasteiger partial charge in [-0.1, -0.05) is 0 Å². The first kappa shape index (κ1) is 11.9. The van der Waals surface area contributed by atoms with Gasteiger partial charge >= 0.3 is 0 Å². The summed E-state index contributed by atoms with van der Waals surface area (Å²) < 4.78 is 18.4. The van der Waals surface area contributed by atoms with Crippen LogP contribution in [0, 0.1) is 24.1 Å². The lowest BCUT2D eigenvalue weighted by atomic mass is 10.2. The number of hydrogen-bond donors (Lipinski definition) is 1. The van der Waals surface area contributed by atoms with E-state index in [1.807, 2.05) is 6.07 Å². The summed E-state index contributed by atoms with van der Waals surface area (Å²) in [5.41, 5.74) is 6.82. The number of nitrogen functional groups attached to an aromatic ring is 1. The van der Waals surface area contributed by atoms with Crippen molar-refractivity contribution in [2.75, 3.05) is 5.73 Å². The molecule has 0 aliphatic heterocycles. The van der Waals surface area contributed by atoms with E-state index in [1.165, 1.54) is 30.5 Å². The quantitative estimate of drug-likeness (QED) is 0.880. The number of aryl methyl sites for hydroxylation is 1. The van der Waals surface area contributed by atoms with Crippen LogP contribution in [0.15, 0.2) is 30.5 Å². The van der Waals surface area contributed by atoms with Gasteiger partial charge in [0, 0.05) is 6.20 Å². The van der Waals surface area contributed by atoms with Crippen LogP contribution < -0.4 is 10.5 Å². The zero-order chi connectivity index (χ0) is 13.1. The molecule has 90 valence electrons. The van der Waals surface area contributed by atoms with Gasteiger partial charge in [-0.05, 0) is 36.8 Å². The van der Waals surface area contributed by atoms with Crippen LogP contribution in [0.1, 0.15) is 11.1 Å². The highest BCUT2D eigenvalue weighted by molar-refractivity contribution is 5.60. The largest absolute Gasteiger partial charge is 0.437 e. The van der Waals surface area contributed by atoms with E-state index >= 15 is 0 Å². The number of nitriles is 1. The number of nitrogens with zero attached hydrogens (tertiary/aromatic N) is 2. The number of rotatable bonds is 2. The summed E-state index contributed by atoms with van der Waals surface area (Å²) in [6, 6.07) is 7.56. The Kier molecular flexibility index (Phi) is 3.11. The van der Waals surface area contributed by atoms with Crippen molar-refractivity contribution in [3.8, 4) is 17.7 Å². The maximum Gasteiger partial charge on any atom is 0.244 e. The molecule has 2 rings (SSSR count). The van der Waals surface area contributed by atoms with Gasteiger partial charge in [-0.2, -0.15) is 5.26 Å². The van der Waals surface area contributed by atoms with Gasteiger partial charge in [0.05, 0.1) is 5.56 Å². The van der Waals surface area contributed by atoms with Crippen molar-refractivity contribution in [2.24, 2.45) is 0 Å². The zero-order valence-electron chi connectivity index (χ0n) is 9.64. The average molecular weight is 243 g/mol. The maximum absolute atomic E-state index is 12.9. The Hall–Kier alpha value is -2.61. The first-order valence-electron chi connectivity index (χ1n) is 5.20. The van der Waals surface area contributed by atoms with E-state index in [1.54, 1.807) is 6.92 Å². The first-order chi connectivity index (χ1) is 8.61. The third-order valence-electron chi connectivity index (χ3n) is 2.42. The smallest absolute Gasteiger partial charge is 0.244 e. The highest BCUT2D eigenvalue weighted by Gasteiger charge is 2.10. The molecular weight excluding hydrogens is 233 g/mol. The number of halogens is 1. The van der Waals surface area contributed by atoms with Gasteiger partial charge in [-0.3, -0.25) is 0 Å². The minimum atomic E-state index is -0.341. The number of nitrogens with two attached hydrogens (primary N) is 1. The number of benzene rings is 1. The van der Waals surface area contributed by atoms with Crippen molar-refractivity contribution in [1.29, 1.82) is 5.26 Å². The van der Waals surface area contributed by atoms with Crippen LogP contribution >= 0.6 is 0 Å². The topological polar surface area (TPSA) is 71.9 Å². The lowest BCUT2D eigenvalue weighted by Crippen LogP contribution is -1.98. The predicted octanol–water partition coefficient (Wildman–Crippen LogP) is 2.78. The molecule has 1 heterocycles. The highest BCUT2D eigenvalue weighted by atomic mass is 19.1. The number of ether oxygens (including phenoxy) is 1. The van der Waals surface area contributed by atoms with Gasteiger partial charge in [0.2, 0.25) is 5.88 Å². The van der Waals surface area contributed by atoms with Gasteiger partial charge in [-0.25, -0.2) is 9.37 Å². The normalized spacial score (nSPS) is 9.83. The van der Waals surface area contributed by atoms with Gasteiger partial charge in [-0.15, -0.1) is 0 Å². The van der Waals surface area contributed by atoms with E-state index in [0.29, 0.717) is 16.9 Å². The summed E-state index contributed by atoms with van der Waals surface area (Å²) in [5.74, 6) is 0.251. The maximum atomic E-state index is 12.9. The number of anilines is 1. The Bertz CT molecular complexity index is 635. The van der Waals surface area contributed by atoms with Crippen LogP contribution in [0.25, 0.3) is 0 Å². The monoisotopic (exact) mass is 243 g/mol. The molecule has 0 bridgehead atoms. The standard InChI is InChI=1S/C13H10FN3O/c1-8-6-10(14)2-3-11(8)18-13-12(16)9(7-15)4-5-17-13/h2-6H,16H2,1H3. The molecule has 0 saturated carbocycles. The first-order valence-corrected chi connectivity index (χ1v) is 5.20. The Morgan fingerprint density at radius 1 is 1.39 bits per heavy atom. The van der Waals surface area contributed by atoms with Crippen LogP contribution in [0.5, 0.6) is 11.6 Å². The van der Waals surface area contributed by atoms with Gasteiger partial charge in [0.15, 0.2) is 0 Å². The van der Waals surface area contributed by atoms with Crippen molar-refractivity contribution in [3.05, 3.63) is 47.4 Å². The molecule has 0 saturated heterocycles. The van der Waals surface area contributed by atoms with Gasteiger partial charge in [0.25, 0.3) is 0 Å². The lowest BCUT2D eigenvalue weighted by molar-refractivity contribution is 0.460. The van der Waals surface area contributed by atoms with Crippen molar-refractivity contribution in [1.82, 2.24) is 4.98 Å². The van der Waals surface area contributed by atoms with E-state index in [0.717, 1.165) is 0 Å². The SMILES string of the molecule is Cc1cc(F)ccc1Oc1nccc(C#N)c1N. The molecule has 2 N–H and O–H groups in total. The van der Waals surface area contributed by atoms with E-state index in [2.05, 4.69) is 4.98 Å². The Morgan fingerprint density at radius 3 is 2.83 bits per heavy atom. The molecule has 4 nitrogen and oxygen atoms in total. The van der Waals surface area contributed by atoms with Crippen molar-refractivity contribution >= 4 is 5.69 Å². The van der Waals surface area contributed by atoms with Crippen LogP contribution in [-0.2, 0) is 0 Å². The summed E-state index contributed by atoms with van der Waals surface area (Å²) in [6.07, 6.45) is 1.43. The summed E-state index contributed by atoms with van der Waals surface area (Å²) in [6.45, 7) is 1.71. The van der Waals surface area contributed by atoms with Crippen LogP contribution in [-0.4, -0.2) is 4.98 Å². The summed E-state index contributed by atoms with van der Waals surface area (Å²) >= 11 is 0. The summed E-state index contributed by atoms with van der Waals surface area (Å²) in [4.78, 5) is 3.95. The molecule has 5 heteroatoms. The molecule has 1 aromatic carbocycles. The third-order valence-corrected chi connectivity index (χ3v) is 2.42. The van der Waals surface area contributed by atoms with Crippen molar-refractivity contribution < 1.29 is 9.13 Å². The predicted molar refractivity (Wildman–Crippen MR) is 64.6 cm³/mol. The molecule has 2 aromatic rings. The average Bonchev–Trinajstić information content (AvgIpc) is 2.35. The molecule has 0 atom stereocenters. The Labute approximate surface area is 103 Å². The molecule has 0 aliphatic carbocycles. The fraction of sp³-hybridized carbons (Fsp3) is 0.0769. The van der Waals surface area contributed by atoms with Gasteiger partial charge in [0.1, 0.15) is 23.3 Å². The number of aromatic nitrogens is 1. The van der Waals surface area contributed by atoms with Crippen molar-refractivity contribution in [2.45, 2.75) is 6.92 Å². The Morgan fingerprint density at radius 2 is 2.17 bits per heavy atom. The minimum Gasteiger partial charge on any atom is -0.437 e. The van der Waals surface area contributed by atoms with Crippen LogP contribution in [0.3, 0.4) is 0 Å². The summed E-state index contributed by atoms with van der Waals surface area (Å²) in [5, 5.41) is 8.84. The second-order valence-electron chi connectivity index (χ2n) is 3.70. The van der Waals surface area contributed by atoms with E-state index < -0.39 is 0 Å². The van der Waals surface area contributed by atoms with Gasteiger partial charge < -0.3 is 10.5 Å². The number of pyridine rings is 1. The van der Waals surface area contributed by atoms with Crippen LogP contribution in [0.2, 0.25) is 0 Å². The summed E-state index contributed by atoms with van der Waals surface area (Å²) in [7, 11) is 0. The second kappa shape index (κ2) is 4.72. The molecule has 0 radical (unpaired) electrons. The molecule has 0 fully saturated rings. The molecular formula is C13H10FN3O. The molecule has 18 heavy (non-hydrogen) atoms. The number of hydrogen-bond acceptors (Lipinski definition) is 4. The Balaban J connectivity index is 2.38. The van der Waals surface area contributed by atoms with Crippen molar-refractivity contribution in [3.63, 3.8) is 0 Å². The highest BCUT2D eigenvalue weighted by Crippen LogP contribution is 2.29. The fourth-order valence-electron chi connectivity index (χ4n) is 1.46. The molecule has 0 amide bonds. The zero-order valence-corrected chi connectivity index (χ0v) is 9.64. The molecule has 1 aromatic heterocycles. The van der Waals surface area contributed by atoms with E-state index in [4.69, 9.17) is 15.7 Å². The second-order valence-corrected chi connectivity index (χ2v) is 3.70. The fourth-order valence-corrected chi connectivity index (χ4v) is 1.46. The molecule has 0 spiro atoms. The molecule has 0 aliphatic rings. The molecule has 0 unspecified atom stereocenters. The lowest BCUT2D eigenvalue weighted by Gasteiger charge is -2.10. The van der Waals surface area contributed by atoms with Crippen LogP contribution in [0.4, 0.5) is 10.1 Å². The van der Waals surface area contributed by atoms with E-state index in [9.17, 15) is 4.39 Å².